The van der Waals surface area contributed by atoms with E-state index in [9.17, 15) is 0 Å². The van der Waals surface area contributed by atoms with Gasteiger partial charge in [0, 0.05) is 30.4 Å². The number of hydrogen-bond acceptors (Lipinski definition) is 4. The summed E-state index contributed by atoms with van der Waals surface area (Å²) in [5.74, 6) is 1.50. The maximum atomic E-state index is 5.95. The Labute approximate surface area is 134 Å². The van der Waals surface area contributed by atoms with Crippen LogP contribution in [-0.4, -0.2) is 38.3 Å². The van der Waals surface area contributed by atoms with Crippen LogP contribution in [0.4, 0.5) is 5.69 Å². The van der Waals surface area contributed by atoms with Gasteiger partial charge >= 0.3 is 0 Å². The Morgan fingerprint density at radius 1 is 1.23 bits per heavy atom. The van der Waals surface area contributed by atoms with Crippen molar-refractivity contribution in [1.82, 2.24) is 4.90 Å². The topological polar surface area (TPSA) is 47.7 Å². The number of anilines is 1. The molecule has 0 amide bonds. The number of methoxy groups -OCH3 is 1. The van der Waals surface area contributed by atoms with E-state index in [-0.39, 0.29) is 0 Å². The fourth-order valence-electron chi connectivity index (χ4n) is 2.44. The first-order valence-electron chi connectivity index (χ1n) is 7.69. The Hall–Kier alpha value is -1.94. The van der Waals surface area contributed by atoms with Crippen molar-refractivity contribution in [2.45, 2.75) is 19.8 Å². The van der Waals surface area contributed by atoms with Crippen LogP contribution in [0.1, 0.15) is 18.9 Å². The van der Waals surface area contributed by atoms with Gasteiger partial charge in [-0.1, -0.05) is 12.2 Å². The quantitative estimate of drug-likeness (QED) is 0.503. The van der Waals surface area contributed by atoms with Gasteiger partial charge in [0.25, 0.3) is 0 Å². The number of ether oxygens (including phenoxy) is 2. The fourth-order valence-corrected chi connectivity index (χ4v) is 2.44. The minimum absolute atomic E-state index is 0.604. The Bertz CT molecular complexity index is 476. The van der Waals surface area contributed by atoms with Gasteiger partial charge in [-0.2, -0.15) is 0 Å². The number of nitrogen functional groups attached to an aromatic ring is 1. The number of aryl methyl sites for hydroxylation is 1. The Balaban J connectivity index is 2.76. The average molecular weight is 304 g/mol. The Kier molecular flexibility index (Phi) is 8.15. The monoisotopic (exact) mass is 304 g/mol. The maximum absolute atomic E-state index is 5.95. The molecule has 0 heterocycles. The molecule has 122 valence electrons. The summed E-state index contributed by atoms with van der Waals surface area (Å²) in [4.78, 5) is 2.30. The normalized spacial score (nSPS) is 10.5. The SMILES string of the molecule is C=CCN(CC=C)CCCc1cc(N)cc(OC)c1OCC. The summed E-state index contributed by atoms with van der Waals surface area (Å²) in [5.41, 5.74) is 7.75. The first-order valence-corrected chi connectivity index (χ1v) is 7.69. The number of benzene rings is 1. The molecule has 1 aromatic rings. The summed E-state index contributed by atoms with van der Waals surface area (Å²) in [5, 5.41) is 0. The highest BCUT2D eigenvalue weighted by Gasteiger charge is 2.12. The molecular weight excluding hydrogens is 276 g/mol. The largest absolute Gasteiger partial charge is 0.493 e. The van der Waals surface area contributed by atoms with Crippen molar-refractivity contribution >= 4 is 5.69 Å². The lowest BCUT2D eigenvalue weighted by atomic mass is 10.1. The molecule has 0 aromatic heterocycles. The molecule has 2 N–H and O–H groups in total. The molecule has 4 nitrogen and oxygen atoms in total. The fraction of sp³-hybridized carbons (Fsp3) is 0.444. The highest BCUT2D eigenvalue weighted by Crippen LogP contribution is 2.34. The van der Waals surface area contributed by atoms with Crippen LogP contribution < -0.4 is 15.2 Å². The standard InChI is InChI=1S/C18H28N2O2/c1-5-10-20(11-6-2)12-8-9-15-13-16(19)14-17(21-4)18(15)22-7-3/h5-6,13-14H,1-2,7-12,19H2,3-4H3. The van der Waals surface area contributed by atoms with E-state index >= 15 is 0 Å². The van der Waals surface area contributed by atoms with Crippen LogP contribution in [0.15, 0.2) is 37.4 Å². The minimum Gasteiger partial charge on any atom is -0.493 e. The van der Waals surface area contributed by atoms with Crippen molar-refractivity contribution < 1.29 is 9.47 Å². The number of rotatable bonds is 11. The number of nitrogens with two attached hydrogens (primary N) is 1. The predicted molar refractivity (Wildman–Crippen MR) is 93.7 cm³/mol. The Morgan fingerprint density at radius 2 is 1.91 bits per heavy atom. The van der Waals surface area contributed by atoms with Crippen molar-refractivity contribution in [2.75, 3.05) is 39.1 Å². The molecule has 0 fully saturated rings. The number of hydrogen-bond donors (Lipinski definition) is 1. The molecule has 0 saturated heterocycles. The van der Waals surface area contributed by atoms with E-state index in [1.54, 1.807) is 13.2 Å². The van der Waals surface area contributed by atoms with Crippen molar-refractivity contribution in [3.8, 4) is 11.5 Å². The van der Waals surface area contributed by atoms with Crippen LogP contribution in [0.3, 0.4) is 0 Å². The second-order valence-corrected chi connectivity index (χ2v) is 5.08. The third kappa shape index (κ3) is 5.45. The van der Waals surface area contributed by atoms with Crippen molar-refractivity contribution in [3.05, 3.63) is 43.0 Å². The molecule has 0 spiro atoms. The maximum Gasteiger partial charge on any atom is 0.164 e. The van der Waals surface area contributed by atoms with Crippen LogP contribution in [0.2, 0.25) is 0 Å². The molecule has 0 aliphatic rings. The van der Waals surface area contributed by atoms with Gasteiger partial charge in [-0.3, -0.25) is 4.90 Å². The van der Waals surface area contributed by atoms with E-state index in [1.165, 1.54) is 0 Å². The third-order valence-electron chi connectivity index (χ3n) is 3.36. The molecule has 1 aromatic carbocycles. The van der Waals surface area contributed by atoms with Crippen LogP contribution in [-0.2, 0) is 6.42 Å². The van der Waals surface area contributed by atoms with Gasteiger partial charge in [0.1, 0.15) is 0 Å². The highest BCUT2D eigenvalue weighted by molar-refractivity contribution is 5.57. The molecule has 0 radical (unpaired) electrons. The van der Waals surface area contributed by atoms with Gasteiger partial charge in [-0.15, -0.1) is 13.2 Å². The van der Waals surface area contributed by atoms with Gasteiger partial charge < -0.3 is 15.2 Å². The van der Waals surface area contributed by atoms with Crippen LogP contribution in [0, 0.1) is 0 Å². The summed E-state index contributed by atoms with van der Waals surface area (Å²) in [7, 11) is 1.64. The Morgan fingerprint density at radius 3 is 2.45 bits per heavy atom. The van der Waals surface area contributed by atoms with E-state index in [0.29, 0.717) is 18.0 Å². The third-order valence-corrected chi connectivity index (χ3v) is 3.36. The second kappa shape index (κ2) is 9.90. The van der Waals surface area contributed by atoms with Gasteiger partial charge in [-0.05, 0) is 32.4 Å². The van der Waals surface area contributed by atoms with Gasteiger partial charge in [0.2, 0.25) is 0 Å². The van der Waals surface area contributed by atoms with Crippen LogP contribution in [0.5, 0.6) is 11.5 Å². The first kappa shape index (κ1) is 18.1. The molecule has 0 bridgehead atoms. The van der Waals surface area contributed by atoms with E-state index in [4.69, 9.17) is 15.2 Å². The lowest BCUT2D eigenvalue weighted by molar-refractivity contribution is 0.304. The zero-order chi connectivity index (χ0) is 16.4. The van der Waals surface area contributed by atoms with E-state index in [1.807, 2.05) is 25.1 Å². The molecular formula is C18H28N2O2. The van der Waals surface area contributed by atoms with Crippen LogP contribution in [0.25, 0.3) is 0 Å². The molecule has 4 heteroatoms. The van der Waals surface area contributed by atoms with Crippen molar-refractivity contribution in [1.29, 1.82) is 0 Å². The summed E-state index contributed by atoms with van der Waals surface area (Å²) in [6, 6.07) is 3.77. The van der Waals surface area contributed by atoms with Crippen molar-refractivity contribution in [3.63, 3.8) is 0 Å². The lowest BCUT2D eigenvalue weighted by Crippen LogP contribution is -2.25. The van der Waals surface area contributed by atoms with Crippen LogP contribution >= 0.6 is 0 Å². The predicted octanol–water partition coefficient (Wildman–Crippen LogP) is 3.28. The zero-order valence-corrected chi connectivity index (χ0v) is 13.8. The summed E-state index contributed by atoms with van der Waals surface area (Å²) in [6.45, 7) is 12.9. The van der Waals surface area contributed by atoms with E-state index in [2.05, 4.69) is 18.1 Å². The summed E-state index contributed by atoms with van der Waals surface area (Å²) in [6.07, 6.45) is 5.73. The highest BCUT2D eigenvalue weighted by atomic mass is 16.5. The lowest BCUT2D eigenvalue weighted by Gasteiger charge is -2.19. The van der Waals surface area contributed by atoms with Gasteiger partial charge in [0.05, 0.1) is 13.7 Å². The summed E-state index contributed by atoms with van der Waals surface area (Å²) >= 11 is 0. The molecule has 0 aliphatic carbocycles. The molecule has 1 rings (SSSR count). The molecule has 0 saturated carbocycles. The van der Waals surface area contributed by atoms with Gasteiger partial charge in [-0.25, -0.2) is 0 Å². The zero-order valence-electron chi connectivity index (χ0n) is 13.8. The van der Waals surface area contributed by atoms with E-state index < -0.39 is 0 Å². The minimum atomic E-state index is 0.604. The van der Waals surface area contributed by atoms with Gasteiger partial charge in [0.15, 0.2) is 11.5 Å². The average Bonchev–Trinajstić information content (AvgIpc) is 2.50. The molecule has 22 heavy (non-hydrogen) atoms. The molecule has 0 aliphatic heterocycles. The van der Waals surface area contributed by atoms with E-state index in [0.717, 1.165) is 43.8 Å². The second-order valence-electron chi connectivity index (χ2n) is 5.08. The number of nitrogens with zero attached hydrogens (tertiary/aromatic N) is 1. The summed E-state index contributed by atoms with van der Waals surface area (Å²) < 4.78 is 11.1. The molecule has 0 atom stereocenters. The first-order chi connectivity index (χ1) is 10.7. The molecule has 0 unspecified atom stereocenters. The smallest absolute Gasteiger partial charge is 0.164 e. The van der Waals surface area contributed by atoms with Crippen molar-refractivity contribution in [2.24, 2.45) is 0 Å².